The predicted molar refractivity (Wildman–Crippen MR) is 114 cm³/mol. The fourth-order valence-corrected chi connectivity index (χ4v) is 3.37. The molecule has 2 rings (SSSR count). The number of likely N-dealkylation sites (tertiary alicyclic amines) is 1. The molecule has 0 aromatic heterocycles. The van der Waals surface area contributed by atoms with E-state index in [1.807, 2.05) is 24.3 Å². The van der Waals surface area contributed by atoms with E-state index in [4.69, 9.17) is 10.5 Å². The van der Waals surface area contributed by atoms with Gasteiger partial charge < -0.3 is 25.6 Å². The van der Waals surface area contributed by atoms with Crippen molar-refractivity contribution in [3.05, 3.63) is 29.8 Å². The Labute approximate surface area is 173 Å². The summed E-state index contributed by atoms with van der Waals surface area (Å²) in [5.41, 5.74) is 6.57. The highest BCUT2D eigenvalue weighted by atomic mass is 16.5. The summed E-state index contributed by atoms with van der Waals surface area (Å²) >= 11 is 0. The van der Waals surface area contributed by atoms with Crippen LogP contribution in [-0.4, -0.2) is 75.0 Å². The first kappa shape index (κ1) is 22.5. The second-order valence-electron chi connectivity index (χ2n) is 7.58. The standard InChI is InChI=1S/C21H33N5O3/c1-25(2)20(28)14-24-21(26-12-4-5-17(15-26)13-19(22)27)23-11-10-16-6-8-18(29-3)9-7-16/h6-9,17H,4-5,10-15H2,1-3H3,(H2,22,27)(H,23,24). The first-order chi connectivity index (χ1) is 13.9. The lowest BCUT2D eigenvalue weighted by atomic mass is 9.95. The molecule has 0 spiro atoms. The van der Waals surface area contributed by atoms with Gasteiger partial charge in [-0.1, -0.05) is 12.1 Å². The summed E-state index contributed by atoms with van der Waals surface area (Å²) in [6.45, 7) is 2.35. The van der Waals surface area contributed by atoms with Gasteiger partial charge in [0.2, 0.25) is 11.8 Å². The second-order valence-corrected chi connectivity index (χ2v) is 7.58. The van der Waals surface area contributed by atoms with Crippen LogP contribution in [0, 0.1) is 5.92 Å². The van der Waals surface area contributed by atoms with Crippen LogP contribution < -0.4 is 15.8 Å². The van der Waals surface area contributed by atoms with E-state index in [1.54, 1.807) is 21.2 Å². The molecule has 0 saturated carbocycles. The Morgan fingerprint density at radius 1 is 1.31 bits per heavy atom. The first-order valence-electron chi connectivity index (χ1n) is 10.0. The molecule has 0 bridgehead atoms. The maximum absolute atomic E-state index is 12.0. The third-order valence-electron chi connectivity index (χ3n) is 5.03. The topological polar surface area (TPSA) is 100 Å². The van der Waals surface area contributed by atoms with Gasteiger partial charge in [0.25, 0.3) is 0 Å². The van der Waals surface area contributed by atoms with Crippen molar-refractivity contribution in [3.63, 3.8) is 0 Å². The molecule has 1 aromatic carbocycles. The number of aliphatic imine (C=N–C) groups is 1. The lowest BCUT2D eigenvalue weighted by Crippen LogP contribution is -2.48. The lowest BCUT2D eigenvalue weighted by Gasteiger charge is -2.34. The Morgan fingerprint density at radius 3 is 2.66 bits per heavy atom. The van der Waals surface area contributed by atoms with Crippen LogP contribution >= 0.6 is 0 Å². The number of hydrogen-bond donors (Lipinski definition) is 2. The molecule has 8 heteroatoms. The number of primary amides is 1. The maximum atomic E-state index is 12.0. The van der Waals surface area contributed by atoms with Gasteiger partial charge >= 0.3 is 0 Å². The largest absolute Gasteiger partial charge is 0.497 e. The van der Waals surface area contributed by atoms with Gasteiger partial charge in [0.1, 0.15) is 12.3 Å². The molecule has 0 radical (unpaired) electrons. The van der Waals surface area contributed by atoms with Crippen molar-refractivity contribution in [2.75, 3.05) is 47.4 Å². The monoisotopic (exact) mass is 403 g/mol. The molecule has 2 amide bonds. The van der Waals surface area contributed by atoms with E-state index in [0.29, 0.717) is 25.5 Å². The third kappa shape index (κ3) is 7.63. The Kier molecular flexibility index (Phi) is 8.76. The minimum Gasteiger partial charge on any atom is -0.497 e. The molecule has 1 aromatic rings. The van der Waals surface area contributed by atoms with Crippen molar-refractivity contribution in [1.82, 2.24) is 15.1 Å². The second kappa shape index (κ2) is 11.3. The summed E-state index contributed by atoms with van der Waals surface area (Å²) in [7, 11) is 5.09. The Balaban J connectivity index is 2.00. The number of ether oxygens (including phenoxy) is 1. The minimum absolute atomic E-state index is 0.0508. The molecular formula is C21H33N5O3. The molecule has 0 aliphatic carbocycles. The first-order valence-corrected chi connectivity index (χ1v) is 10.0. The number of carbonyl (C=O) groups excluding carboxylic acids is 2. The van der Waals surface area contributed by atoms with E-state index in [0.717, 1.165) is 31.6 Å². The number of nitrogens with one attached hydrogen (secondary N) is 1. The van der Waals surface area contributed by atoms with Crippen molar-refractivity contribution < 1.29 is 14.3 Å². The minimum atomic E-state index is -0.273. The predicted octanol–water partition coefficient (Wildman–Crippen LogP) is 0.859. The highest BCUT2D eigenvalue weighted by molar-refractivity contribution is 5.85. The molecule has 1 fully saturated rings. The zero-order valence-corrected chi connectivity index (χ0v) is 17.7. The van der Waals surface area contributed by atoms with Crippen LogP contribution in [0.1, 0.15) is 24.8 Å². The number of likely N-dealkylation sites (N-methyl/N-ethyl adjacent to an activating group) is 1. The molecule has 1 heterocycles. The van der Waals surface area contributed by atoms with Gasteiger partial charge in [-0.2, -0.15) is 0 Å². The van der Waals surface area contributed by atoms with Crippen LogP contribution in [0.2, 0.25) is 0 Å². The number of carbonyl (C=O) groups is 2. The number of rotatable bonds is 8. The van der Waals surface area contributed by atoms with E-state index < -0.39 is 0 Å². The quantitative estimate of drug-likeness (QED) is 0.495. The van der Waals surface area contributed by atoms with Gasteiger partial charge in [-0.25, -0.2) is 4.99 Å². The Morgan fingerprint density at radius 2 is 2.03 bits per heavy atom. The van der Waals surface area contributed by atoms with Crippen LogP contribution in [-0.2, 0) is 16.0 Å². The molecule has 29 heavy (non-hydrogen) atoms. The smallest absolute Gasteiger partial charge is 0.243 e. The Bertz CT molecular complexity index is 703. The number of methoxy groups -OCH3 is 1. The summed E-state index contributed by atoms with van der Waals surface area (Å²) in [5.74, 6) is 1.44. The van der Waals surface area contributed by atoms with Crippen molar-refractivity contribution in [1.29, 1.82) is 0 Å². The number of amides is 2. The molecule has 160 valence electrons. The van der Waals surface area contributed by atoms with Gasteiger partial charge in [0, 0.05) is 40.2 Å². The lowest BCUT2D eigenvalue weighted by molar-refractivity contribution is -0.127. The van der Waals surface area contributed by atoms with Crippen LogP contribution in [0.5, 0.6) is 5.75 Å². The molecule has 8 nitrogen and oxygen atoms in total. The van der Waals surface area contributed by atoms with E-state index >= 15 is 0 Å². The molecule has 1 saturated heterocycles. The number of nitrogens with zero attached hydrogens (tertiary/aromatic N) is 3. The van der Waals surface area contributed by atoms with Crippen molar-refractivity contribution in [2.45, 2.75) is 25.7 Å². The molecular weight excluding hydrogens is 370 g/mol. The van der Waals surface area contributed by atoms with Crippen LogP contribution in [0.3, 0.4) is 0 Å². The summed E-state index contributed by atoms with van der Waals surface area (Å²) < 4.78 is 5.19. The maximum Gasteiger partial charge on any atom is 0.243 e. The number of guanidine groups is 1. The van der Waals surface area contributed by atoms with Gasteiger partial charge in [-0.05, 0) is 42.9 Å². The number of piperidine rings is 1. The fourth-order valence-electron chi connectivity index (χ4n) is 3.37. The van der Waals surface area contributed by atoms with E-state index in [9.17, 15) is 9.59 Å². The number of benzene rings is 1. The summed E-state index contributed by atoms with van der Waals surface area (Å²) in [6.07, 6.45) is 3.16. The van der Waals surface area contributed by atoms with Crippen LogP contribution in [0.25, 0.3) is 0 Å². The van der Waals surface area contributed by atoms with Crippen LogP contribution in [0.4, 0.5) is 0 Å². The van der Waals surface area contributed by atoms with Crippen molar-refractivity contribution in [2.24, 2.45) is 16.6 Å². The average molecular weight is 404 g/mol. The molecule has 1 atom stereocenters. The molecule has 1 unspecified atom stereocenters. The number of nitrogens with two attached hydrogens (primary N) is 1. The Hall–Kier alpha value is -2.77. The highest BCUT2D eigenvalue weighted by Crippen LogP contribution is 2.19. The highest BCUT2D eigenvalue weighted by Gasteiger charge is 2.24. The summed E-state index contributed by atoms with van der Waals surface area (Å²) in [4.78, 5) is 31.5. The number of hydrogen-bond acceptors (Lipinski definition) is 4. The SMILES string of the molecule is COc1ccc(CCNC(=NCC(=O)N(C)C)N2CCCC(CC(N)=O)C2)cc1. The normalized spacial score (nSPS) is 17.0. The van der Waals surface area contributed by atoms with E-state index in [-0.39, 0.29) is 24.3 Å². The van der Waals surface area contributed by atoms with Gasteiger partial charge in [-0.15, -0.1) is 0 Å². The van der Waals surface area contributed by atoms with Crippen molar-refractivity contribution in [3.8, 4) is 5.75 Å². The van der Waals surface area contributed by atoms with Crippen molar-refractivity contribution >= 4 is 17.8 Å². The summed E-state index contributed by atoms with van der Waals surface area (Å²) in [5, 5.41) is 3.39. The van der Waals surface area contributed by atoms with Gasteiger partial charge in [0.15, 0.2) is 5.96 Å². The van der Waals surface area contributed by atoms with E-state index in [2.05, 4.69) is 15.2 Å². The summed E-state index contributed by atoms with van der Waals surface area (Å²) in [6, 6.07) is 7.96. The fraction of sp³-hybridized carbons (Fsp3) is 0.571. The van der Waals surface area contributed by atoms with Gasteiger partial charge in [-0.3, -0.25) is 9.59 Å². The molecule has 1 aliphatic rings. The van der Waals surface area contributed by atoms with E-state index in [1.165, 1.54) is 10.5 Å². The zero-order chi connectivity index (χ0) is 21.2. The molecule has 3 N–H and O–H groups in total. The molecule has 1 aliphatic heterocycles. The van der Waals surface area contributed by atoms with Gasteiger partial charge in [0.05, 0.1) is 7.11 Å². The average Bonchev–Trinajstić information content (AvgIpc) is 2.70. The third-order valence-corrected chi connectivity index (χ3v) is 5.03. The zero-order valence-electron chi connectivity index (χ0n) is 17.7. The van der Waals surface area contributed by atoms with Crippen LogP contribution in [0.15, 0.2) is 29.3 Å².